The predicted octanol–water partition coefficient (Wildman–Crippen LogP) is 2.84. The second-order valence-electron chi connectivity index (χ2n) is 4.56. The molecule has 17 heavy (non-hydrogen) atoms. The quantitative estimate of drug-likeness (QED) is 0.871. The third kappa shape index (κ3) is 2.14. The second-order valence-corrected chi connectivity index (χ2v) is 4.56. The van der Waals surface area contributed by atoms with Crippen LogP contribution in [0.2, 0.25) is 0 Å². The Hall–Kier alpha value is -1.51. The fourth-order valence-electron chi connectivity index (χ4n) is 2.80. The van der Waals surface area contributed by atoms with E-state index >= 15 is 0 Å². The van der Waals surface area contributed by atoms with Crippen LogP contribution in [0, 0.1) is 5.92 Å². The first-order valence-electron chi connectivity index (χ1n) is 6.07. The summed E-state index contributed by atoms with van der Waals surface area (Å²) in [6.45, 7) is 1.94. The Morgan fingerprint density at radius 3 is 2.94 bits per heavy atom. The first kappa shape index (κ1) is 12.0. The number of hydrogen-bond donors (Lipinski definition) is 1. The summed E-state index contributed by atoms with van der Waals surface area (Å²) in [5.74, 6) is 0.0805. The third-order valence-electron chi connectivity index (χ3n) is 3.72. The zero-order valence-corrected chi connectivity index (χ0v) is 10.3. The number of fused-ring (bicyclic) bond motifs is 1. The number of benzene rings is 1. The minimum absolute atomic E-state index is 0.165. The second kappa shape index (κ2) is 4.78. The van der Waals surface area contributed by atoms with Crippen molar-refractivity contribution in [3.8, 4) is 5.75 Å². The van der Waals surface area contributed by atoms with E-state index in [0.29, 0.717) is 6.42 Å². The lowest BCUT2D eigenvalue weighted by Gasteiger charge is -2.19. The van der Waals surface area contributed by atoms with E-state index in [-0.39, 0.29) is 11.8 Å². The number of ether oxygens (including phenoxy) is 1. The molecule has 0 aromatic heterocycles. The molecule has 1 aliphatic rings. The summed E-state index contributed by atoms with van der Waals surface area (Å²) in [5, 5.41) is 9.24. The van der Waals surface area contributed by atoms with Gasteiger partial charge in [0, 0.05) is 0 Å². The van der Waals surface area contributed by atoms with Crippen molar-refractivity contribution in [1.29, 1.82) is 0 Å². The Labute approximate surface area is 101 Å². The van der Waals surface area contributed by atoms with Gasteiger partial charge >= 0.3 is 5.97 Å². The molecule has 0 spiro atoms. The molecule has 1 aromatic carbocycles. The molecule has 2 atom stereocenters. The lowest BCUT2D eigenvalue weighted by molar-refractivity contribution is -0.142. The number of carbonyl (C=O) groups is 1. The van der Waals surface area contributed by atoms with Gasteiger partial charge in [-0.2, -0.15) is 0 Å². The molecule has 2 rings (SSSR count). The minimum Gasteiger partial charge on any atom is -0.497 e. The Morgan fingerprint density at radius 2 is 2.35 bits per heavy atom. The number of aryl methyl sites for hydroxylation is 1. The molecule has 0 bridgehead atoms. The summed E-state index contributed by atoms with van der Waals surface area (Å²) in [4.78, 5) is 11.2. The van der Waals surface area contributed by atoms with Crippen molar-refractivity contribution in [2.75, 3.05) is 7.11 Å². The van der Waals surface area contributed by atoms with Crippen LogP contribution >= 0.6 is 0 Å². The molecule has 0 fully saturated rings. The van der Waals surface area contributed by atoms with Crippen molar-refractivity contribution in [3.05, 3.63) is 29.3 Å². The van der Waals surface area contributed by atoms with E-state index in [0.717, 1.165) is 18.6 Å². The van der Waals surface area contributed by atoms with Gasteiger partial charge in [-0.1, -0.05) is 13.0 Å². The molecule has 0 unspecified atom stereocenters. The van der Waals surface area contributed by atoms with E-state index in [1.165, 1.54) is 11.1 Å². The molecule has 0 aliphatic heterocycles. The van der Waals surface area contributed by atoms with Gasteiger partial charge in [0.15, 0.2) is 0 Å². The fraction of sp³-hybridized carbons (Fsp3) is 0.500. The lowest BCUT2D eigenvalue weighted by atomic mass is 9.85. The zero-order chi connectivity index (χ0) is 12.4. The molecule has 92 valence electrons. The van der Waals surface area contributed by atoms with E-state index in [1.807, 2.05) is 25.1 Å². The van der Waals surface area contributed by atoms with Crippen molar-refractivity contribution in [1.82, 2.24) is 0 Å². The van der Waals surface area contributed by atoms with E-state index < -0.39 is 5.97 Å². The lowest BCUT2D eigenvalue weighted by Crippen LogP contribution is -2.19. The highest BCUT2D eigenvalue weighted by molar-refractivity contribution is 5.71. The van der Waals surface area contributed by atoms with Crippen LogP contribution in [0.5, 0.6) is 5.75 Å². The Bertz CT molecular complexity index is 425. The predicted molar refractivity (Wildman–Crippen MR) is 65.5 cm³/mol. The van der Waals surface area contributed by atoms with Crippen molar-refractivity contribution in [2.24, 2.45) is 5.92 Å². The molecule has 3 nitrogen and oxygen atoms in total. The first-order chi connectivity index (χ1) is 8.17. The maximum atomic E-state index is 11.2. The SMILES string of the molecule is CC[C@@H](C(=O)O)[C@@H]1CCc2cc(OC)ccc21. The van der Waals surface area contributed by atoms with Crippen molar-refractivity contribution >= 4 is 5.97 Å². The van der Waals surface area contributed by atoms with Gasteiger partial charge in [-0.25, -0.2) is 0 Å². The van der Waals surface area contributed by atoms with E-state index in [2.05, 4.69) is 0 Å². The average molecular weight is 234 g/mol. The third-order valence-corrected chi connectivity index (χ3v) is 3.72. The average Bonchev–Trinajstić information content (AvgIpc) is 2.73. The van der Waals surface area contributed by atoms with Gasteiger partial charge in [-0.05, 0) is 48.4 Å². The van der Waals surface area contributed by atoms with E-state index in [4.69, 9.17) is 4.74 Å². The van der Waals surface area contributed by atoms with Crippen molar-refractivity contribution in [2.45, 2.75) is 32.1 Å². The smallest absolute Gasteiger partial charge is 0.307 e. The minimum atomic E-state index is -0.679. The Kier molecular flexibility index (Phi) is 3.36. The summed E-state index contributed by atoms with van der Waals surface area (Å²) < 4.78 is 5.19. The molecule has 0 saturated carbocycles. The molecule has 0 radical (unpaired) electrons. The summed E-state index contributed by atoms with van der Waals surface area (Å²) >= 11 is 0. The van der Waals surface area contributed by atoms with Gasteiger partial charge in [0.05, 0.1) is 13.0 Å². The normalized spacial score (nSPS) is 19.8. The maximum Gasteiger partial charge on any atom is 0.307 e. The van der Waals surface area contributed by atoms with Crippen LogP contribution in [0.25, 0.3) is 0 Å². The number of aliphatic carboxylic acids is 1. The molecule has 3 heteroatoms. The highest BCUT2D eigenvalue weighted by atomic mass is 16.5. The molecule has 0 amide bonds. The highest BCUT2D eigenvalue weighted by Gasteiger charge is 2.33. The number of carboxylic acids is 1. The van der Waals surface area contributed by atoms with Crippen LogP contribution in [-0.2, 0) is 11.2 Å². The van der Waals surface area contributed by atoms with Crippen LogP contribution in [0.4, 0.5) is 0 Å². The summed E-state index contributed by atoms with van der Waals surface area (Å²) in [6.07, 6.45) is 2.58. The number of hydrogen-bond acceptors (Lipinski definition) is 2. The maximum absolute atomic E-state index is 11.2. The fourth-order valence-corrected chi connectivity index (χ4v) is 2.80. The molecular formula is C14H18O3. The standard InChI is InChI=1S/C14H18O3/c1-3-11(14(15)16)13-6-4-9-8-10(17-2)5-7-12(9)13/h5,7-8,11,13H,3-4,6H2,1-2H3,(H,15,16)/t11-,13+/m1/s1. The van der Waals surface area contributed by atoms with Gasteiger partial charge in [0.2, 0.25) is 0 Å². The van der Waals surface area contributed by atoms with Crippen LogP contribution in [-0.4, -0.2) is 18.2 Å². The topological polar surface area (TPSA) is 46.5 Å². The van der Waals surface area contributed by atoms with Crippen LogP contribution in [0.15, 0.2) is 18.2 Å². The summed E-state index contributed by atoms with van der Waals surface area (Å²) in [7, 11) is 1.65. The van der Waals surface area contributed by atoms with Gasteiger partial charge in [-0.15, -0.1) is 0 Å². The zero-order valence-electron chi connectivity index (χ0n) is 10.3. The van der Waals surface area contributed by atoms with Crippen molar-refractivity contribution in [3.63, 3.8) is 0 Å². The molecule has 1 N–H and O–H groups in total. The van der Waals surface area contributed by atoms with Gasteiger partial charge in [-0.3, -0.25) is 4.79 Å². The molecule has 0 heterocycles. The monoisotopic (exact) mass is 234 g/mol. The largest absolute Gasteiger partial charge is 0.497 e. The number of rotatable bonds is 4. The van der Waals surface area contributed by atoms with E-state index in [1.54, 1.807) is 7.11 Å². The van der Waals surface area contributed by atoms with Gasteiger partial charge in [0.1, 0.15) is 5.75 Å². The molecule has 1 aliphatic carbocycles. The van der Waals surface area contributed by atoms with Crippen LogP contribution in [0.1, 0.15) is 36.8 Å². The molecular weight excluding hydrogens is 216 g/mol. The molecule has 0 saturated heterocycles. The van der Waals surface area contributed by atoms with Gasteiger partial charge in [0.25, 0.3) is 0 Å². The van der Waals surface area contributed by atoms with Crippen molar-refractivity contribution < 1.29 is 14.6 Å². The van der Waals surface area contributed by atoms with E-state index in [9.17, 15) is 9.90 Å². The van der Waals surface area contributed by atoms with Crippen LogP contribution < -0.4 is 4.74 Å². The highest BCUT2D eigenvalue weighted by Crippen LogP contribution is 2.41. The summed E-state index contributed by atoms with van der Waals surface area (Å²) in [5.41, 5.74) is 2.44. The Morgan fingerprint density at radius 1 is 1.59 bits per heavy atom. The summed E-state index contributed by atoms with van der Waals surface area (Å²) in [6, 6.07) is 5.98. The number of carboxylic acid groups (broad SMARTS) is 1. The Balaban J connectivity index is 2.30. The first-order valence-corrected chi connectivity index (χ1v) is 6.07. The number of methoxy groups -OCH3 is 1. The molecule has 1 aromatic rings. The van der Waals surface area contributed by atoms with Crippen LogP contribution in [0.3, 0.4) is 0 Å². The van der Waals surface area contributed by atoms with Gasteiger partial charge < -0.3 is 9.84 Å².